The molecule has 0 spiro atoms. The van der Waals surface area contributed by atoms with E-state index in [0.29, 0.717) is 47.7 Å². The van der Waals surface area contributed by atoms with Crippen molar-refractivity contribution >= 4 is 35.0 Å². The number of nitrogens with one attached hydrogen (secondary N) is 2. The normalized spacial score (nSPS) is 23.7. The van der Waals surface area contributed by atoms with Gasteiger partial charge in [0.15, 0.2) is 5.76 Å². The number of carbonyl (C=O) groups is 4. The number of benzene rings is 4. The molecule has 4 fully saturated rings. The minimum Gasteiger partial charge on any atom is -0.436 e. The first kappa shape index (κ1) is 38.4. The van der Waals surface area contributed by atoms with Crippen molar-refractivity contribution in [3.63, 3.8) is 0 Å². The number of piperidine rings is 2. The first-order chi connectivity index (χ1) is 28.5. The lowest BCUT2D eigenvalue weighted by Crippen LogP contribution is -2.49. The number of anilines is 2. The molecule has 4 aromatic carbocycles. The van der Waals surface area contributed by atoms with Crippen LogP contribution in [0.4, 0.5) is 11.4 Å². The van der Waals surface area contributed by atoms with Crippen LogP contribution in [0.3, 0.4) is 0 Å². The molecular weight excluding hydrogens is 743 g/mol. The molecule has 6 unspecified atom stereocenters. The van der Waals surface area contributed by atoms with Crippen LogP contribution in [0.25, 0.3) is 22.8 Å². The number of nitrogens with zero attached hydrogens (tertiary/aromatic N) is 5. The minimum atomic E-state index is -0.529. The van der Waals surface area contributed by atoms with Crippen molar-refractivity contribution in [1.82, 2.24) is 24.6 Å². The summed E-state index contributed by atoms with van der Waals surface area (Å²) >= 11 is 0. The summed E-state index contributed by atoms with van der Waals surface area (Å²) in [5.74, 6) is 1.25. The van der Waals surface area contributed by atoms with E-state index < -0.39 is 24.2 Å². The summed E-state index contributed by atoms with van der Waals surface area (Å²) in [6, 6.07) is 32.4. The summed E-state index contributed by atoms with van der Waals surface area (Å²) in [6.45, 7) is 0. The molecule has 302 valence electrons. The van der Waals surface area contributed by atoms with Gasteiger partial charge in [-0.25, -0.2) is 4.98 Å². The molecule has 5 aromatic rings. The van der Waals surface area contributed by atoms with Gasteiger partial charge in [-0.2, -0.15) is 0 Å². The maximum Gasteiger partial charge on any atom is 0.247 e. The monoisotopic (exact) mass is 791 g/mol. The molecule has 0 radical (unpaired) electrons. The zero-order valence-electron chi connectivity index (χ0n) is 33.7. The zero-order chi connectivity index (χ0) is 40.9. The summed E-state index contributed by atoms with van der Waals surface area (Å²) in [5, 5.41) is 6.09. The maximum atomic E-state index is 14.0. The van der Waals surface area contributed by atoms with Crippen LogP contribution in [0.5, 0.6) is 0 Å². The summed E-state index contributed by atoms with van der Waals surface area (Å²) in [7, 11) is 7.58. The van der Waals surface area contributed by atoms with Gasteiger partial charge < -0.3 is 24.9 Å². The van der Waals surface area contributed by atoms with Gasteiger partial charge in [-0.05, 0) is 125 Å². The van der Waals surface area contributed by atoms with Crippen molar-refractivity contribution in [1.29, 1.82) is 0 Å². The van der Waals surface area contributed by atoms with E-state index in [1.807, 2.05) is 157 Å². The lowest BCUT2D eigenvalue weighted by Gasteiger charge is -2.33. The maximum absolute atomic E-state index is 14.0. The van der Waals surface area contributed by atoms with Crippen LogP contribution in [0, 0.1) is 11.8 Å². The van der Waals surface area contributed by atoms with E-state index in [1.54, 1.807) is 6.20 Å². The lowest BCUT2D eigenvalue weighted by atomic mass is 10.0. The van der Waals surface area contributed by atoms with Crippen molar-refractivity contribution in [2.45, 2.75) is 61.9 Å². The molecule has 2 saturated carbocycles. The number of carbonyl (C=O) groups excluding carboxylic acids is 4. The Morgan fingerprint density at radius 3 is 1.44 bits per heavy atom. The number of likely N-dealkylation sites (tertiary alicyclic amines) is 2. The van der Waals surface area contributed by atoms with Crippen molar-refractivity contribution in [2.24, 2.45) is 11.8 Å². The predicted octanol–water partition coefficient (Wildman–Crippen LogP) is 6.47. The van der Waals surface area contributed by atoms with Crippen molar-refractivity contribution in [3.8, 4) is 22.8 Å². The van der Waals surface area contributed by atoms with Gasteiger partial charge in [-0.1, -0.05) is 60.7 Å². The lowest BCUT2D eigenvalue weighted by molar-refractivity contribution is -0.142. The first-order valence-corrected chi connectivity index (χ1v) is 20.4. The van der Waals surface area contributed by atoms with E-state index in [0.717, 1.165) is 35.1 Å². The highest BCUT2D eigenvalue weighted by molar-refractivity contribution is 6.00. The number of hydrogen-bond acceptors (Lipinski definition) is 8. The molecule has 1 aromatic heterocycles. The van der Waals surface area contributed by atoms with Crippen molar-refractivity contribution in [2.75, 3.05) is 38.8 Å². The fourth-order valence-corrected chi connectivity index (χ4v) is 9.30. The van der Waals surface area contributed by atoms with Crippen LogP contribution in [-0.4, -0.2) is 101 Å². The second kappa shape index (κ2) is 15.6. The Balaban J connectivity index is 0.820. The van der Waals surface area contributed by atoms with E-state index in [4.69, 9.17) is 4.42 Å². The van der Waals surface area contributed by atoms with Gasteiger partial charge in [-0.15, -0.1) is 0 Å². The second-order valence-corrected chi connectivity index (χ2v) is 16.8. The van der Waals surface area contributed by atoms with E-state index in [-0.39, 0.29) is 35.7 Å². The largest absolute Gasteiger partial charge is 0.436 e. The molecule has 12 heteroatoms. The third kappa shape index (κ3) is 7.54. The van der Waals surface area contributed by atoms with Crippen molar-refractivity contribution in [3.05, 3.63) is 127 Å². The van der Waals surface area contributed by atoms with Crippen LogP contribution in [0.1, 0.15) is 48.9 Å². The third-order valence-corrected chi connectivity index (χ3v) is 12.4. The molecular formula is C47H49N7O5. The van der Waals surface area contributed by atoms with Crippen LogP contribution in [0.15, 0.2) is 120 Å². The summed E-state index contributed by atoms with van der Waals surface area (Å²) in [5.41, 5.74) is 4.61. The van der Waals surface area contributed by atoms with Gasteiger partial charge in [0.25, 0.3) is 0 Å². The Labute approximate surface area is 344 Å². The van der Waals surface area contributed by atoms with Crippen molar-refractivity contribution < 1.29 is 23.6 Å². The molecule has 12 nitrogen and oxygen atoms in total. The highest BCUT2D eigenvalue weighted by Crippen LogP contribution is 2.50. The number of rotatable bonds is 12. The molecule has 8 atom stereocenters. The summed E-state index contributed by atoms with van der Waals surface area (Å²) in [6.07, 6.45) is 4.87. The molecule has 59 heavy (non-hydrogen) atoms. The zero-order valence-corrected chi connectivity index (χ0v) is 33.7. The standard InChI is InChI=1S/C47H49N7O5/c1-51(2)41(29-11-7-5-8-12-29)46(57)53-36-23-32(36)25-38(53)43(55)49-34-19-15-28(16-20-34)40-27-48-45(59-40)31-17-21-35(22-18-31)50-44(56)39-26-33-24-37(33)54(39)47(58)42(52(3)4)30-13-9-6-10-14-30/h5-22,27,32-33,36-39,41-42H,23-26H2,1-4H3,(H,49,55)(H,50,56)/t32?,33?,36?,37?,38?,39?,41-,42-/m1/s1. The van der Waals surface area contributed by atoms with Crippen LogP contribution in [-0.2, 0) is 19.2 Å². The highest BCUT2D eigenvalue weighted by Gasteiger charge is 2.58. The quantitative estimate of drug-likeness (QED) is 0.147. The molecule has 2 N–H and O–H groups in total. The molecule has 0 bridgehead atoms. The number of oxazole rings is 1. The van der Waals surface area contributed by atoms with E-state index in [2.05, 4.69) is 15.6 Å². The Kier molecular flexibility index (Phi) is 10.1. The molecule has 3 heterocycles. The summed E-state index contributed by atoms with van der Waals surface area (Å²) in [4.78, 5) is 67.2. The highest BCUT2D eigenvalue weighted by atomic mass is 16.4. The number of amides is 4. The van der Waals surface area contributed by atoms with Gasteiger partial charge in [0.2, 0.25) is 29.5 Å². The molecule has 2 aliphatic heterocycles. The van der Waals surface area contributed by atoms with Gasteiger partial charge in [0.1, 0.15) is 24.2 Å². The first-order valence-electron chi connectivity index (χ1n) is 20.4. The van der Waals surface area contributed by atoms with E-state index >= 15 is 0 Å². The molecule has 2 aliphatic carbocycles. The average Bonchev–Trinajstić information content (AvgIpc) is 4.00. The Morgan fingerprint density at radius 2 is 1.02 bits per heavy atom. The SMILES string of the molecule is CN(C)[C@@H](C(=O)N1C(C(=O)Nc2ccc(-c3cnc(-c4ccc(NC(=O)C5CC6CC6N5C(=O)[C@@H](c5ccccc5)N(C)C)cc4)o3)cc2)CC2CC21)c1ccccc1. The predicted molar refractivity (Wildman–Crippen MR) is 225 cm³/mol. The van der Waals surface area contributed by atoms with Crippen LogP contribution >= 0.6 is 0 Å². The smallest absolute Gasteiger partial charge is 0.247 e. The third-order valence-electron chi connectivity index (χ3n) is 12.4. The van der Waals surface area contributed by atoms with Gasteiger partial charge in [-0.3, -0.25) is 29.0 Å². The average molecular weight is 792 g/mol. The fourth-order valence-electron chi connectivity index (χ4n) is 9.30. The Bertz CT molecular complexity index is 2180. The molecule has 4 amide bonds. The number of fused-ring (bicyclic) bond motifs is 2. The molecule has 4 aliphatic rings. The van der Waals surface area contributed by atoms with E-state index in [1.165, 1.54) is 0 Å². The van der Waals surface area contributed by atoms with Gasteiger partial charge in [0, 0.05) is 34.6 Å². The molecule has 2 saturated heterocycles. The number of hydrogen-bond donors (Lipinski definition) is 2. The van der Waals surface area contributed by atoms with Gasteiger partial charge >= 0.3 is 0 Å². The topological polar surface area (TPSA) is 131 Å². The minimum absolute atomic E-state index is 0.0416. The Hall–Kier alpha value is -6.11. The van der Waals surface area contributed by atoms with Crippen LogP contribution < -0.4 is 10.6 Å². The summed E-state index contributed by atoms with van der Waals surface area (Å²) < 4.78 is 6.15. The fraction of sp³-hybridized carbons (Fsp3) is 0.340. The van der Waals surface area contributed by atoms with Crippen LogP contribution in [0.2, 0.25) is 0 Å². The molecule has 9 rings (SSSR count). The number of likely N-dealkylation sites (N-methyl/N-ethyl adjacent to an activating group) is 2. The second-order valence-electron chi connectivity index (χ2n) is 16.8. The Morgan fingerprint density at radius 1 is 0.593 bits per heavy atom. The van der Waals surface area contributed by atoms with E-state index in [9.17, 15) is 19.2 Å². The van der Waals surface area contributed by atoms with Gasteiger partial charge in [0.05, 0.1) is 6.20 Å². The number of aromatic nitrogens is 1.